The number of nitrogens with two attached hydrogens (primary N) is 1. The summed E-state index contributed by atoms with van der Waals surface area (Å²) in [6.07, 6.45) is 0. The number of carbonyl (C=O) groups is 1. The molecule has 0 heterocycles. The van der Waals surface area contributed by atoms with Crippen LogP contribution in [0.15, 0.2) is 24.3 Å². The van der Waals surface area contributed by atoms with Crippen molar-refractivity contribution in [2.24, 2.45) is 5.73 Å². The Labute approximate surface area is 94.3 Å². The van der Waals surface area contributed by atoms with E-state index in [2.05, 4.69) is 5.32 Å². The van der Waals surface area contributed by atoms with Crippen molar-refractivity contribution in [3.63, 3.8) is 0 Å². The fourth-order valence-electron chi connectivity index (χ4n) is 1.11. The number of anilines is 1. The van der Waals surface area contributed by atoms with Crippen LogP contribution in [0.5, 0.6) is 0 Å². The smallest absolute Gasteiger partial charge is 0.221 e. The van der Waals surface area contributed by atoms with Crippen molar-refractivity contribution < 1.29 is 9.18 Å². The Morgan fingerprint density at radius 1 is 1.47 bits per heavy atom. The molecule has 0 radical (unpaired) electrons. The number of hydrogen-bond acceptors (Lipinski definition) is 2. The number of benzene rings is 1. The van der Waals surface area contributed by atoms with Gasteiger partial charge >= 0.3 is 0 Å². The van der Waals surface area contributed by atoms with E-state index in [1.165, 1.54) is 6.92 Å². The summed E-state index contributed by atoms with van der Waals surface area (Å²) >= 11 is 0. The molecule has 84 valence electrons. The van der Waals surface area contributed by atoms with E-state index in [0.717, 1.165) is 5.56 Å². The lowest BCUT2D eigenvalue weighted by molar-refractivity contribution is -0.114. The summed E-state index contributed by atoms with van der Waals surface area (Å²) in [4.78, 5) is 10.7. The Bertz CT molecular complexity index is 316. The average Bonchev–Trinajstić information content (AvgIpc) is 2.17. The van der Waals surface area contributed by atoms with Gasteiger partial charge < -0.3 is 11.1 Å². The molecule has 1 rings (SSSR count). The van der Waals surface area contributed by atoms with Gasteiger partial charge in [0.05, 0.1) is 6.04 Å². The average molecular weight is 233 g/mol. The minimum atomic E-state index is -0.584. The summed E-state index contributed by atoms with van der Waals surface area (Å²) in [5.41, 5.74) is 6.89. The summed E-state index contributed by atoms with van der Waals surface area (Å²) in [6, 6.07) is 6.23. The molecule has 15 heavy (non-hydrogen) atoms. The van der Waals surface area contributed by atoms with Crippen LogP contribution in [0.4, 0.5) is 10.1 Å². The molecule has 0 spiro atoms. The molecule has 1 aromatic carbocycles. The maximum absolute atomic E-state index is 12.2. The quantitative estimate of drug-likeness (QED) is 0.838. The van der Waals surface area contributed by atoms with Crippen LogP contribution in [0.1, 0.15) is 18.5 Å². The summed E-state index contributed by atoms with van der Waals surface area (Å²) < 4.78 is 12.2. The Morgan fingerprint density at radius 3 is 2.40 bits per heavy atom. The molecular formula is C10H14ClFN2O. The third-order valence-electron chi connectivity index (χ3n) is 1.83. The van der Waals surface area contributed by atoms with Crippen molar-refractivity contribution in [3.05, 3.63) is 29.8 Å². The first kappa shape index (κ1) is 13.9. The molecule has 0 saturated heterocycles. The standard InChI is InChI=1S/C10H13FN2O.ClH/c1-7(14)13-9-4-2-8(3-5-9)10(12)6-11;/h2-5,10H,6,12H2,1H3,(H,13,14);1H/t10-;/m0./s1. The molecular weight excluding hydrogens is 219 g/mol. The molecule has 0 bridgehead atoms. The molecule has 1 atom stereocenters. The van der Waals surface area contributed by atoms with Gasteiger partial charge in [0.1, 0.15) is 6.67 Å². The third kappa shape index (κ3) is 4.27. The molecule has 0 fully saturated rings. The summed E-state index contributed by atoms with van der Waals surface area (Å²) in [5, 5.41) is 2.62. The molecule has 0 aromatic heterocycles. The molecule has 5 heteroatoms. The van der Waals surface area contributed by atoms with Crippen LogP contribution < -0.4 is 11.1 Å². The zero-order valence-electron chi connectivity index (χ0n) is 8.37. The normalized spacial score (nSPS) is 11.4. The van der Waals surface area contributed by atoms with Crippen molar-refractivity contribution in [1.29, 1.82) is 0 Å². The van der Waals surface area contributed by atoms with Crippen molar-refractivity contribution in [3.8, 4) is 0 Å². The number of rotatable bonds is 3. The first-order valence-electron chi connectivity index (χ1n) is 4.32. The van der Waals surface area contributed by atoms with Gasteiger partial charge in [-0.2, -0.15) is 0 Å². The van der Waals surface area contributed by atoms with Crippen LogP contribution in [-0.2, 0) is 4.79 Å². The van der Waals surface area contributed by atoms with E-state index in [9.17, 15) is 9.18 Å². The minimum Gasteiger partial charge on any atom is -0.326 e. The largest absolute Gasteiger partial charge is 0.326 e. The van der Waals surface area contributed by atoms with Crippen LogP contribution in [0.25, 0.3) is 0 Å². The van der Waals surface area contributed by atoms with Gasteiger partial charge in [0.15, 0.2) is 0 Å². The zero-order valence-corrected chi connectivity index (χ0v) is 9.18. The molecule has 0 unspecified atom stereocenters. The molecule has 3 N–H and O–H groups in total. The number of carbonyl (C=O) groups excluding carboxylic acids is 1. The maximum atomic E-state index is 12.2. The van der Waals surface area contributed by atoms with E-state index in [1.807, 2.05) is 0 Å². The van der Waals surface area contributed by atoms with Gasteiger partial charge in [-0.3, -0.25) is 4.79 Å². The molecule has 1 amide bonds. The summed E-state index contributed by atoms with van der Waals surface area (Å²) in [5.74, 6) is -0.132. The van der Waals surface area contributed by atoms with Gasteiger partial charge in [0.2, 0.25) is 5.91 Å². The Hall–Kier alpha value is -1.13. The van der Waals surface area contributed by atoms with Gasteiger partial charge in [0, 0.05) is 12.6 Å². The van der Waals surface area contributed by atoms with E-state index in [-0.39, 0.29) is 18.3 Å². The summed E-state index contributed by atoms with van der Waals surface area (Å²) in [6.45, 7) is 0.848. The first-order valence-corrected chi connectivity index (χ1v) is 4.32. The van der Waals surface area contributed by atoms with Crippen molar-refractivity contribution in [1.82, 2.24) is 0 Å². The molecule has 0 aliphatic carbocycles. The van der Waals surface area contributed by atoms with Crippen molar-refractivity contribution >= 4 is 24.0 Å². The fraction of sp³-hybridized carbons (Fsp3) is 0.300. The highest BCUT2D eigenvalue weighted by Gasteiger charge is 2.04. The van der Waals surface area contributed by atoms with Crippen LogP contribution in [-0.4, -0.2) is 12.6 Å². The van der Waals surface area contributed by atoms with Gasteiger partial charge in [-0.25, -0.2) is 4.39 Å². The highest BCUT2D eigenvalue weighted by molar-refractivity contribution is 5.88. The number of amides is 1. The van der Waals surface area contributed by atoms with Gasteiger partial charge in [-0.05, 0) is 17.7 Å². The van der Waals surface area contributed by atoms with Crippen LogP contribution in [0, 0.1) is 0 Å². The lowest BCUT2D eigenvalue weighted by Crippen LogP contribution is -2.12. The Kier molecular flexibility index (Phi) is 5.89. The second kappa shape index (κ2) is 6.37. The predicted octanol–water partition coefficient (Wildman–Crippen LogP) is 2.04. The maximum Gasteiger partial charge on any atom is 0.221 e. The van der Waals surface area contributed by atoms with Gasteiger partial charge in [0.25, 0.3) is 0 Å². The van der Waals surface area contributed by atoms with E-state index in [0.29, 0.717) is 5.69 Å². The summed E-state index contributed by atoms with van der Waals surface area (Å²) in [7, 11) is 0. The molecule has 0 saturated carbocycles. The highest BCUT2D eigenvalue weighted by Crippen LogP contribution is 2.14. The fourth-order valence-corrected chi connectivity index (χ4v) is 1.11. The van der Waals surface area contributed by atoms with Crippen LogP contribution in [0.2, 0.25) is 0 Å². The number of hydrogen-bond donors (Lipinski definition) is 2. The van der Waals surface area contributed by atoms with Gasteiger partial charge in [-0.1, -0.05) is 12.1 Å². The van der Waals surface area contributed by atoms with Crippen molar-refractivity contribution in [2.45, 2.75) is 13.0 Å². The predicted molar refractivity (Wildman–Crippen MR) is 60.9 cm³/mol. The number of alkyl halides is 1. The SMILES string of the molecule is CC(=O)Nc1ccc([C@@H](N)CF)cc1.Cl. The zero-order chi connectivity index (χ0) is 10.6. The molecule has 1 aromatic rings. The van der Waals surface area contributed by atoms with E-state index >= 15 is 0 Å². The van der Waals surface area contributed by atoms with E-state index < -0.39 is 12.7 Å². The third-order valence-corrected chi connectivity index (χ3v) is 1.83. The molecule has 0 aliphatic rings. The highest BCUT2D eigenvalue weighted by atomic mass is 35.5. The number of halogens is 2. The van der Waals surface area contributed by atoms with E-state index in [4.69, 9.17) is 5.73 Å². The molecule has 0 aliphatic heterocycles. The Balaban J connectivity index is 0.00000196. The lowest BCUT2D eigenvalue weighted by atomic mass is 10.1. The minimum absolute atomic E-state index is 0. The second-order valence-corrected chi connectivity index (χ2v) is 3.06. The van der Waals surface area contributed by atoms with Crippen LogP contribution >= 0.6 is 12.4 Å². The topological polar surface area (TPSA) is 55.1 Å². The van der Waals surface area contributed by atoms with Crippen molar-refractivity contribution in [2.75, 3.05) is 12.0 Å². The van der Waals surface area contributed by atoms with E-state index in [1.54, 1.807) is 24.3 Å². The van der Waals surface area contributed by atoms with Gasteiger partial charge in [-0.15, -0.1) is 12.4 Å². The number of nitrogens with one attached hydrogen (secondary N) is 1. The van der Waals surface area contributed by atoms with Crippen LogP contribution in [0.3, 0.4) is 0 Å². The lowest BCUT2D eigenvalue weighted by Gasteiger charge is -2.08. The second-order valence-electron chi connectivity index (χ2n) is 3.06. The first-order chi connectivity index (χ1) is 6.63. The monoisotopic (exact) mass is 232 g/mol. The Morgan fingerprint density at radius 2 is 2.00 bits per heavy atom. The molecule has 3 nitrogen and oxygen atoms in total.